The van der Waals surface area contributed by atoms with Crippen LogP contribution in [0.2, 0.25) is 0 Å². The van der Waals surface area contributed by atoms with Crippen molar-refractivity contribution in [3.8, 4) is 5.75 Å². The average molecular weight is 276 g/mol. The van der Waals surface area contributed by atoms with Crippen LogP contribution in [0.5, 0.6) is 5.75 Å². The molecule has 1 N–H and O–H groups in total. The van der Waals surface area contributed by atoms with E-state index in [9.17, 15) is 4.79 Å². The van der Waals surface area contributed by atoms with E-state index in [4.69, 9.17) is 4.74 Å². The van der Waals surface area contributed by atoms with Gasteiger partial charge in [-0.15, -0.1) is 0 Å². The normalized spacial score (nSPS) is 20.3. The van der Waals surface area contributed by atoms with Gasteiger partial charge in [0.15, 0.2) is 0 Å². The number of hydrogen-bond donors (Lipinski definition) is 1. The van der Waals surface area contributed by atoms with E-state index < -0.39 is 0 Å². The first-order chi connectivity index (χ1) is 9.55. The Morgan fingerprint density at radius 1 is 1.50 bits per heavy atom. The van der Waals surface area contributed by atoms with Crippen molar-refractivity contribution < 1.29 is 9.53 Å². The molecule has 0 spiro atoms. The Balaban J connectivity index is 2.20. The van der Waals surface area contributed by atoms with E-state index in [1.807, 2.05) is 24.1 Å². The minimum Gasteiger partial charge on any atom is -0.496 e. The summed E-state index contributed by atoms with van der Waals surface area (Å²) < 4.78 is 5.45. The first kappa shape index (κ1) is 14.9. The van der Waals surface area contributed by atoms with E-state index in [0.717, 1.165) is 17.9 Å². The average Bonchev–Trinajstić information content (AvgIpc) is 2.74. The fraction of sp³-hybridized carbons (Fsp3) is 0.562. The van der Waals surface area contributed by atoms with E-state index >= 15 is 0 Å². The third-order valence-electron chi connectivity index (χ3n) is 3.92. The molecule has 0 radical (unpaired) electrons. The van der Waals surface area contributed by atoms with Gasteiger partial charge in [-0.2, -0.15) is 0 Å². The molecule has 2 atom stereocenters. The molecule has 2 rings (SSSR count). The molecule has 4 heteroatoms. The standard InChI is InChI=1S/C16H24N2O2/c1-11-5-6-15(20-4)13(7-11)14(17-3)10-18-9-12(2)8-16(18)19/h5-7,12,14,17H,8-10H2,1-4H3. The molecule has 0 saturated carbocycles. The van der Waals surface area contributed by atoms with Crippen molar-refractivity contribution in [3.63, 3.8) is 0 Å². The van der Waals surface area contributed by atoms with Crippen molar-refractivity contribution in [2.24, 2.45) is 5.92 Å². The molecule has 0 aliphatic carbocycles. The van der Waals surface area contributed by atoms with Crippen LogP contribution in [0, 0.1) is 12.8 Å². The summed E-state index contributed by atoms with van der Waals surface area (Å²) in [6.07, 6.45) is 0.668. The van der Waals surface area contributed by atoms with E-state index in [1.165, 1.54) is 5.56 Å². The number of likely N-dealkylation sites (tertiary alicyclic amines) is 1. The zero-order valence-corrected chi connectivity index (χ0v) is 12.8. The summed E-state index contributed by atoms with van der Waals surface area (Å²) in [5, 5.41) is 3.31. The highest BCUT2D eigenvalue weighted by atomic mass is 16.5. The molecular weight excluding hydrogens is 252 g/mol. The Morgan fingerprint density at radius 3 is 2.80 bits per heavy atom. The van der Waals surface area contributed by atoms with Crippen molar-refractivity contribution in [2.45, 2.75) is 26.3 Å². The molecule has 1 saturated heterocycles. The number of amides is 1. The van der Waals surface area contributed by atoms with Crippen LogP contribution in [0.4, 0.5) is 0 Å². The third kappa shape index (κ3) is 3.12. The van der Waals surface area contributed by atoms with Crippen LogP contribution in [0.3, 0.4) is 0 Å². The maximum Gasteiger partial charge on any atom is 0.222 e. The summed E-state index contributed by atoms with van der Waals surface area (Å²) in [5.74, 6) is 1.58. The SMILES string of the molecule is CNC(CN1CC(C)CC1=O)c1cc(C)ccc1OC. The van der Waals surface area contributed by atoms with Crippen molar-refractivity contribution in [1.82, 2.24) is 10.2 Å². The molecule has 1 fully saturated rings. The summed E-state index contributed by atoms with van der Waals surface area (Å²) in [6, 6.07) is 6.25. The highest BCUT2D eigenvalue weighted by Crippen LogP contribution is 2.28. The molecule has 110 valence electrons. The van der Waals surface area contributed by atoms with Gasteiger partial charge in [-0.05, 0) is 26.0 Å². The zero-order valence-electron chi connectivity index (χ0n) is 12.8. The van der Waals surface area contributed by atoms with Crippen molar-refractivity contribution in [3.05, 3.63) is 29.3 Å². The monoisotopic (exact) mass is 276 g/mol. The number of aryl methyl sites for hydroxylation is 1. The van der Waals surface area contributed by atoms with Gasteiger partial charge >= 0.3 is 0 Å². The first-order valence-corrected chi connectivity index (χ1v) is 7.14. The number of methoxy groups -OCH3 is 1. The molecule has 1 aliphatic heterocycles. The molecule has 0 bridgehead atoms. The zero-order chi connectivity index (χ0) is 14.7. The van der Waals surface area contributed by atoms with E-state index in [-0.39, 0.29) is 11.9 Å². The summed E-state index contributed by atoms with van der Waals surface area (Å²) >= 11 is 0. The van der Waals surface area contributed by atoms with Crippen molar-refractivity contribution in [1.29, 1.82) is 0 Å². The summed E-state index contributed by atoms with van der Waals surface area (Å²) in [6.45, 7) is 5.74. The molecule has 1 amide bonds. The van der Waals surface area contributed by atoms with Crippen LogP contribution in [0.15, 0.2) is 18.2 Å². The van der Waals surface area contributed by atoms with Crippen LogP contribution in [0.25, 0.3) is 0 Å². The lowest BCUT2D eigenvalue weighted by Crippen LogP contribution is -2.35. The minimum absolute atomic E-state index is 0.0964. The molecule has 1 aliphatic rings. The van der Waals surface area contributed by atoms with E-state index in [1.54, 1.807) is 7.11 Å². The number of rotatable bonds is 5. The molecule has 1 aromatic rings. The van der Waals surface area contributed by atoms with Gasteiger partial charge in [0.25, 0.3) is 0 Å². The van der Waals surface area contributed by atoms with E-state index in [2.05, 4.69) is 25.2 Å². The van der Waals surface area contributed by atoms with Gasteiger partial charge in [-0.1, -0.05) is 24.6 Å². The van der Waals surface area contributed by atoms with Crippen molar-refractivity contribution >= 4 is 5.91 Å². The second-order valence-corrected chi connectivity index (χ2v) is 5.69. The first-order valence-electron chi connectivity index (χ1n) is 7.14. The number of carbonyl (C=O) groups is 1. The Bertz CT molecular complexity index is 487. The van der Waals surface area contributed by atoms with Gasteiger partial charge < -0.3 is 15.0 Å². The highest BCUT2D eigenvalue weighted by molar-refractivity contribution is 5.78. The molecule has 4 nitrogen and oxygen atoms in total. The van der Waals surface area contributed by atoms with Gasteiger partial charge in [0.1, 0.15) is 5.75 Å². The number of nitrogens with zero attached hydrogens (tertiary/aromatic N) is 1. The lowest BCUT2D eigenvalue weighted by atomic mass is 10.0. The largest absolute Gasteiger partial charge is 0.496 e. The molecular formula is C16H24N2O2. The van der Waals surface area contributed by atoms with Crippen LogP contribution >= 0.6 is 0 Å². The van der Waals surface area contributed by atoms with Crippen molar-refractivity contribution in [2.75, 3.05) is 27.2 Å². The molecule has 20 heavy (non-hydrogen) atoms. The molecule has 1 heterocycles. The lowest BCUT2D eigenvalue weighted by molar-refractivity contribution is -0.128. The number of nitrogens with one attached hydrogen (secondary N) is 1. The van der Waals surface area contributed by atoms with Crippen LogP contribution in [-0.4, -0.2) is 38.1 Å². The van der Waals surface area contributed by atoms with Gasteiger partial charge in [0.05, 0.1) is 13.2 Å². The fourth-order valence-corrected chi connectivity index (χ4v) is 2.84. The lowest BCUT2D eigenvalue weighted by Gasteiger charge is -2.25. The Morgan fingerprint density at radius 2 is 2.25 bits per heavy atom. The number of carbonyl (C=O) groups excluding carboxylic acids is 1. The minimum atomic E-state index is 0.0964. The Kier molecular flexibility index (Phi) is 4.65. The second-order valence-electron chi connectivity index (χ2n) is 5.69. The maximum atomic E-state index is 12.0. The summed E-state index contributed by atoms with van der Waals surface area (Å²) in [4.78, 5) is 13.9. The Hall–Kier alpha value is -1.55. The van der Waals surface area contributed by atoms with Crippen LogP contribution in [-0.2, 0) is 4.79 Å². The van der Waals surface area contributed by atoms with Gasteiger partial charge in [0, 0.05) is 25.1 Å². The Labute approximate surface area is 121 Å². The second kappa shape index (κ2) is 6.27. The van der Waals surface area contributed by atoms with E-state index in [0.29, 0.717) is 18.9 Å². The number of hydrogen-bond acceptors (Lipinski definition) is 3. The number of ether oxygens (including phenoxy) is 1. The van der Waals surface area contributed by atoms with Crippen LogP contribution in [0.1, 0.15) is 30.5 Å². The molecule has 2 unspecified atom stereocenters. The van der Waals surface area contributed by atoms with Gasteiger partial charge in [-0.3, -0.25) is 4.79 Å². The van der Waals surface area contributed by atoms with Gasteiger partial charge in [0.2, 0.25) is 5.91 Å². The topological polar surface area (TPSA) is 41.6 Å². The predicted octanol–water partition coefficient (Wildman–Crippen LogP) is 2.13. The number of benzene rings is 1. The number of likely N-dealkylation sites (N-methyl/N-ethyl adjacent to an activating group) is 1. The quantitative estimate of drug-likeness (QED) is 0.896. The molecule has 1 aromatic carbocycles. The summed E-state index contributed by atoms with van der Waals surface area (Å²) in [5.41, 5.74) is 2.31. The highest BCUT2D eigenvalue weighted by Gasteiger charge is 2.29. The fourth-order valence-electron chi connectivity index (χ4n) is 2.84. The summed E-state index contributed by atoms with van der Waals surface area (Å²) in [7, 11) is 3.61. The predicted molar refractivity (Wildman–Crippen MR) is 79.9 cm³/mol. The third-order valence-corrected chi connectivity index (χ3v) is 3.92. The van der Waals surface area contributed by atoms with Gasteiger partial charge in [-0.25, -0.2) is 0 Å². The molecule has 0 aromatic heterocycles. The smallest absolute Gasteiger partial charge is 0.222 e. The maximum absolute atomic E-state index is 12.0. The van der Waals surface area contributed by atoms with Crippen LogP contribution < -0.4 is 10.1 Å².